The van der Waals surface area contributed by atoms with Crippen molar-refractivity contribution >= 4 is 28.3 Å². The number of halogens is 1. The molecule has 0 aliphatic heterocycles. The molecular weight excluding hydrogens is 210 g/mol. The minimum atomic E-state index is 0.169. The second-order valence-electron chi connectivity index (χ2n) is 3.59. The lowest BCUT2D eigenvalue weighted by molar-refractivity contribution is 0.0989. The van der Waals surface area contributed by atoms with E-state index in [1.54, 1.807) is 0 Å². The molecule has 78 valence electrons. The lowest BCUT2D eigenvalue weighted by atomic mass is 10.1. The van der Waals surface area contributed by atoms with Crippen molar-refractivity contribution in [2.75, 3.05) is 0 Å². The number of carbonyl (C=O) groups excluding carboxylic acids is 1. The van der Waals surface area contributed by atoms with E-state index in [2.05, 4.69) is 0 Å². The summed E-state index contributed by atoms with van der Waals surface area (Å²) in [4.78, 5) is 11.7. The molecule has 0 bridgehead atoms. The Morgan fingerprint density at radius 2 is 2.20 bits per heavy atom. The van der Waals surface area contributed by atoms with Crippen LogP contribution in [0.2, 0.25) is 5.02 Å². The summed E-state index contributed by atoms with van der Waals surface area (Å²) in [6, 6.07) is 5.60. The fraction of sp³-hybridized carbons (Fsp3) is 0.250. The van der Waals surface area contributed by atoms with Crippen molar-refractivity contribution in [1.82, 2.24) is 4.57 Å². The van der Waals surface area contributed by atoms with Crippen molar-refractivity contribution < 1.29 is 4.79 Å². The molecule has 1 aromatic carbocycles. The smallest absolute Gasteiger partial charge is 0.164 e. The van der Waals surface area contributed by atoms with Crippen LogP contribution in [0.4, 0.5) is 0 Å². The molecule has 0 aliphatic rings. The van der Waals surface area contributed by atoms with Gasteiger partial charge in [0.15, 0.2) is 5.78 Å². The van der Waals surface area contributed by atoms with Crippen LogP contribution in [0.1, 0.15) is 23.7 Å². The average Bonchev–Trinajstić information content (AvgIpc) is 2.55. The van der Waals surface area contributed by atoms with Crippen molar-refractivity contribution in [2.24, 2.45) is 7.05 Å². The first-order valence-electron chi connectivity index (χ1n) is 4.91. The molecule has 1 heterocycles. The number of hydrogen-bond donors (Lipinski definition) is 0. The highest BCUT2D eigenvalue weighted by molar-refractivity contribution is 6.31. The van der Waals surface area contributed by atoms with Gasteiger partial charge in [0.1, 0.15) is 0 Å². The minimum absolute atomic E-state index is 0.169. The Balaban J connectivity index is 2.73. The van der Waals surface area contributed by atoms with E-state index in [0.717, 1.165) is 16.5 Å². The number of carbonyl (C=O) groups is 1. The van der Waals surface area contributed by atoms with Crippen LogP contribution in [0, 0.1) is 0 Å². The number of nitrogens with zero attached hydrogens (tertiary/aromatic N) is 1. The van der Waals surface area contributed by atoms with Gasteiger partial charge in [0.05, 0.1) is 0 Å². The molecular formula is C12H12ClNO. The summed E-state index contributed by atoms with van der Waals surface area (Å²) < 4.78 is 1.93. The first-order valence-corrected chi connectivity index (χ1v) is 5.29. The number of aromatic nitrogens is 1. The number of Topliss-reactive ketones (excluding diaryl/α,β-unsaturated/α-hetero) is 1. The molecule has 15 heavy (non-hydrogen) atoms. The van der Waals surface area contributed by atoms with Gasteiger partial charge >= 0.3 is 0 Å². The number of ketones is 1. The molecule has 2 nitrogen and oxygen atoms in total. The third-order valence-electron chi connectivity index (χ3n) is 2.57. The van der Waals surface area contributed by atoms with Gasteiger partial charge in [-0.25, -0.2) is 0 Å². The Bertz CT molecular complexity index is 528. The van der Waals surface area contributed by atoms with Crippen LogP contribution in [0.15, 0.2) is 24.4 Å². The lowest BCUT2D eigenvalue weighted by Crippen LogP contribution is -1.94. The Morgan fingerprint density at radius 1 is 1.47 bits per heavy atom. The van der Waals surface area contributed by atoms with Gasteiger partial charge in [0.25, 0.3) is 0 Å². The SMILES string of the molecule is CCC(=O)c1cn(C)c2cc(Cl)ccc12. The van der Waals surface area contributed by atoms with E-state index in [4.69, 9.17) is 11.6 Å². The second-order valence-corrected chi connectivity index (χ2v) is 4.03. The van der Waals surface area contributed by atoms with Gasteiger partial charge in [-0.2, -0.15) is 0 Å². The molecule has 0 unspecified atom stereocenters. The largest absolute Gasteiger partial charge is 0.350 e. The summed E-state index contributed by atoms with van der Waals surface area (Å²) in [5.41, 5.74) is 1.78. The van der Waals surface area contributed by atoms with Gasteiger partial charge < -0.3 is 4.57 Å². The molecule has 0 amide bonds. The van der Waals surface area contributed by atoms with Crippen LogP contribution in [-0.4, -0.2) is 10.4 Å². The fourth-order valence-corrected chi connectivity index (χ4v) is 1.94. The van der Waals surface area contributed by atoms with E-state index in [-0.39, 0.29) is 5.78 Å². The van der Waals surface area contributed by atoms with Gasteiger partial charge in [-0.1, -0.05) is 24.6 Å². The Hall–Kier alpha value is -1.28. The van der Waals surface area contributed by atoms with Gasteiger partial charge in [-0.3, -0.25) is 4.79 Å². The number of aryl methyl sites for hydroxylation is 1. The number of benzene rings is 1. The molecule has 0 saturated carbocycles. The van der Waals surface area contributed by atoms with Gasteiger partial charge in [0, 0.05) is 41.2 Å². The highest BCUT2D eigenvalue weighted by atomic mass is 35.5. The molecule has 0 atom stereocenters. The maximum absolute atomic E-state index is 11.7. The van der Waals surface area contributed by atoms with Gasteiger partial charge in [-0.15, -0.1) is 0 Å². The maximum Gasteiger partial charge on any atom is 0.164 e. The van der Waals surface area contributed by atoms with E-state index >= 15 is 0 Å². The average molecular weight is 222 g/mol. The van der Waals surface area contributed by atoms with E-state index in [0.29, 0.717) is 11.4 Å². The van der Waals surface area contributed by atoms with Crippen LogP contribution in [-0.2, 0) is 7.05 Å². The Labute approximate surface area is 93.5 Å². The zero-order valence-electron chi connectivity index (χ0n) is 8.75. The summed E-state index contributed by atoms with van der Waals surface area (Å²) in [6.45, 7) is 1.87. The molecule has 2 aromatic rings. The van der Waals surface area contributed by atoms with Crippen molar-refractivity contribution in [3.05, 3.63) is 35.0 Å². The third-order valence-corrected chi connectivity index (χ3v) is 2.81. The molecule has 0 fully saturated rings. The summed E-state index contributed by atoms with van der Waals surface area (Å²) in [5, 5.41) is 1.67. The normalized spacial score (nSPS) is 10.9. The first-order chi connectivity index (χ1) is 7.13. The van der Waals surface area contributed by atoms with Crippen molar-refractivity contribution in [2.45, 2.75) is 13.3 Å². The molecule has 0 saturated heterocycles. The molecule has 3 heteroatoms. The molecule has 1 aromatic heterocycles. The molecule has 2 rings (SSSR count). The standard InChI is InChI=1S/C12H12ClNO/c1-3-12(15)10-7-14(2)11-6-8(13)4-5-9(10)11/h4-7H,3H2,1-2H3. The number of fused-ring (bicyclic) bond motifs is 1. The van der Waals surface area contributed by atoms with E-state index in [1.165, 1.54) is 0 Å². The monoisotopic (exact) mass is 221 g/mol. The molecule has 0 spiro atoms. The zero-order chi connectivity index (χ0) is 11.0. The predicted octanol–water partition coefficient (Wildman–Crippen LogP) is 3.42. The van der Waals surface area contributed by atoms with Crippen molar-refractivity contribution in [1.29, 1.82) is 0 Å². The summed E-state index contributed by atoms with van der Waals surface area (Å²) in [5.74, 6) is 0.169. The predicted molar refractivity (Wildman–Crippen MR) is 62.6 cm³/mol. The van der Waals surface area contributed by atoms with Crippen molar-refractivity contribution in [3.63, 3.8) is 0 Å². The van der Waals surface area contributed by atoms with E-state index < -0.39 is 0 Å². The highest BCUT2D eigenvalue weighted by Gasteiger charge is 2.11. The Kier molecular flexibility index (Phi) is 2.53. The van der Waals surface area contributed by atoms with Gasteiger partial charge in [0.2, 0.25) is 0 Å². The number of rotatable bonds is 2. The van der Waals surface area contributed by atoms with Crippen LogP contribution in [0.3, 0.4) is 0 Å². The quantitative estimate of drug-likeness (QED) is 0.713. The summed E-state index contributed by atoms with van der Waals surface area (Å²) in [6.07, 6.45) is 2.40. The van der Waals surface area contributed by atoms with E-state index in [9.17, 15) is 4.79 Å². The topological polar surface area (TPSA) is 22.0 Å². The Morgan fingerprint density at radius 3 is 2.87 bits per heavy atom. The minimum Gasteiger partial charge on any atom is -0.350 e. The second kappa shape index (κ2) is 3.70. The molecule has 0 N–H and O–H groups in total. The first kappa shape index (κ1) is 10.2. The van der Waals surface area contributed by atoms with Crippen LogP contribution in [0.25, 0.3) is 10.9 Å². The number of hydrogen-bond acceptors (Lipinski definition) is 1. The van der Waals surface area contributed by atoms with E-state index in [1.807, 2.05) is 42.9 Å². The van der Waals surface area contributed by atoms with Crippen LogP contribution >= 0.6 is 11.6 Å². The lowest BCUT2D eigenvalue weighted by Gasteiger charge is -1.96. The maximum atomic E-state index is 11.7. The zero-order valence-corrected chi connectivity index (χ0v) is 9.51. The highest BCUT2D eigenvalue weighted by Crippen LogP contribution is 2.24. The molecule has 0 aliphatic carbocycles. The summed E-state index contributed by atoms with van der Waals surface area (Å²) >= 11 is 5.92. The van der Waals surface area contributed by atoms with Crippen LogP contribution in [0.5, 0.6) is 0 Å². The van der Waals surface area contributed by atoms with Crippen molar-refractivity contribution in [3.8, 4) is 0 Å². The third kappa shape index (κ3) is 1.65. The molecule has 0 radical (unpaired) electrons. The van der Waals surface area contributed by atoms with Crippen LogP contribution < -0.4 is 0 Å². The summed E-state index contributed by atoms with van der Waals surface area (Å²) in [7, 11) is 1.92. The fourth-order valence-electron chi connectivity index (χ4n) is 1.77. The van der Waals surface area contributed by atoms with Gasteiger partial charge in [-0.05, 0) is 12.1 Å².